The average Bonchev–Trinajstić information content (AvgIpc) is 2.72. The number of nitrogens with zero attached hydrogens (tertiary/aromatic N) is 2. The van der Waals surface area contributed by atoms with Crippen molar-refractivity contribution < 1.29 is 9.63 Å². The number of carbonyl (C=O) groups is 1. The normalized spacial score (nSPS) is 12.6. The number of amides is 1. The highest BCUT2D eigenvalue weighted by Crippen LogP contribution is 2.17. The minimum atomic E-state index is -0.354. The van der Waals surface area contributed by atoms with Crippen LogP contribution in [-0.4, -0.2) is 22.6 Å². The first-order valence-electron chi connectivity index (χ1n) is 4.98. The molecule has 1 amide bonds. The summed E-state index contributed by atoms with van der Waals surface area (Å²) in [7, 11) is 1.41. The summed E-state index contributed by atoms with van der Waals surface area (Å²) >= 11 is 0. The summed E-state index contributed by atoms with van der Waals surface area (Å²) < 4.78 is 1.81. The molecule has 1 unspecified atom stereocenters. The Morgan fingerprint density at radius 3 is 3.00 bits per heavy atom. The molecule has 5 heteroatoms. The van der Waals surface area contributed by atoms with Crippen molar-refractivity contribution in [1.29, 1.82) is 0 Å². The number of hydrogen-bond donors (Lipinski definition) is 1. The standard InChI is InChI=1S/C11H13N3O2/c1-8(11(15)13-16-2)14-7-12-9-5-3-4-6-10(9)14/h3-8H,1-2H3,(H,13,15). The number of para-hydroxylation sites is 2. The molecule has 0 spiro atoms. The maximum absolute atomic E-state index is 11.6. The lowest BCUT2D eigenvalue weighted by Gasteiger charge is -2.12. The van der Waals surface area contributed by atoms with Crippen LogP contribution < -0.4 is 5.48 Å². The number of nitrogens with one attached hydrogen (secondary N) is 1. The fourth-order valence-electron chi connectivity index (χ4n) is 1.60. The second-order valence-electron chi connectivity index (χ2n) is 3.49. The molecule has 0 saturated carbocycles. The fraction of sp³-hybridized carbons (Fsp3) is 0.273. The quantitative estimate of drug-likeness (QED) is 0.791. The van der Waals surface area contributed by atoms with Gasteiger partial charge < -0.3 is 4.57 Å². The van der Waals surface area contributed by atoms with Crippen LogP contribution in [0.5, 0.6) is 0 Å². The number of hydroxylamine groups is 1. The van der Waals surface area contributed by atoms with Crippen molar-refractivity contribution >= 4 is 16.9 Å². The number of benzene rings is 1. The highest BCUT2D eigenvalue weighted by atomic mass is 16.6. The van der Waals surface area contributed by atoms with E-state index in [9.17, 15) is 4.79 Å². The van der Waals surface area contributed by atoms with Gasteiger partial charge in [0.05, 0.1) is 24.5 Å². The Balaban J connectivity index is 2.36. The molecule has 5 nitrogen and oxygen atoms in total. The molecule has 0 radical (unpaired) electrons. The minimum Gasteiger partial charge on any atom is -0.318 e. The van der Waals surface area contributed by atoms with Crippen LogP contribution in [0.2, 0.25) is 0 Å². The van der Waals surface area contributed by atoms with E-state index in [0.717, 1.165) is 11.0 Å². The van der Waals surface area contributed by atoms with Gasteiger partial charge in [0.1, 0.15) is 6.04 Å². The molecule has 0 aliphatic carbocycles. The third-order valence-corrected chi connectivity index (χ3v) is 2.48. The highest BCUT2D eigenvalue weighted by Gasteiger charge is 2.16. The number of carbonyl (C=O) groups excluding carboxylic acids is 1. The summed E-state index contributed by atoms with van der Waals surface area (Å²) in [6.07, 6.45) is 1.66. The van der Waals surface area contributed by atoms with E-state index in [1.165, 1.54) is 7.11 Å². The van der Waals surface area contributed by atoms with Crippen LogP contribution in [-0.2, 0) is 9.63 Å². The van der Waals surface area contributed by atoms with Gasteiger partial charge in [0.15, 0.2) is 0 Å². The zero-order valence-corrected chi connectivity index (χ0v) is 9.18. The lowest BCUT2D eigenvalue weighted by Crippen LogP contribution is -2.29. The van der Waals surface area contributed by atoms with E-state index in [2.05, 4.69) is 15.3 Å². The molecule has 1 N–H and O–H groups in total. The van der Waals surface area contributed by atoms with E-state index < -0.39 is 0 Å². The largest absolute Gasteiger partial charge is 0.318 e. The molecule has 0 bridgehead atoms. The van der Waals surface area contributed by atoms with Gasteiger partial charge in [-0.3, -0.25) is 9.63 Å². The van der Waals surface area contributed by atoms with Crippen LogP contribution in [0.1, 0.15) is 13.0 Å². The number of rotatable bonds is 3. The van der Waals surface area contributed by atoms with Gasteiger partial charge in [-0.15, -0.1) is 0 Å². The number of hydrogen-bond acceptors (Lipinski definition) is 3. The van der Waals surface area contributed by atoms with Gasteiger partial charge in [-0.25, -0.2) is 10.5 Å². The Morgan fingerprint density at radius 1 is 1.50 bits per heavy atom. The first-order chi connectivity index (χ1) is 7.74. The average molecular weight is 219 g/mol. The molecule has 84 valence electrons. The Hall–Kier alpha value is -1.88. The number of imidazole rings is 1. The molecule has 2 aromatic rings. The minimum absolute atomic E-state index is 0.203. The summed E-state index contributed by atoms with van der Waals surface area (Å²) in [5.41, 5.74) is 4.12. The van der Waals surface area contributed by atoms with Crippen LogP contribution in [0.25, 0.3) is 11.0 Å². The van der Waals surface area contributed by atoms with Crippen molar-refractivity contribution in [1.82, 2.24) is 15.0 Å². The molecule has 1 aromatic carbocycles. The summed E-state index contributed by atoms with van der Waals surface area (Å²) in [6, 6.07) is 7.32. The Labute approximate surface area is 93.0 Å². The van der Waals surface area contributed by atoms with E-state index in [0.29, 0.717) is 0 Å². The maximum atomic E-state index is 11.6. The van der Waals surface area contributed by atoms with Gasteiger partial charge in [-0.2, -0.15) is 0 Å². The van der Waals surface area contributed by atoms with E-state index in [4.69, 9.17) is 0 Å². The monoisotopic (exact) mass is 219 g/mol. The summed E-state index contributed by atoms with van der Waals surface area (Å²) in [5, 5.41) is 0. The van der Waals surface area contributed by atoms with E-state index in [-0.39, 0.29) is 11.9 Å². The van der Waals surface area contributed by atoms with Gasteiger partial charge in [0.25, 0.3) is 5.91 Å². The first-order valence-corrected chi connectivity index (χ1v) is 4.98. The van der Waals surface area contributed by atoms with Gasteiger partial charge in [0.2, 0.25) is 0 Å². The molecule has 0 saturated heterocycles. The van der Waals surface area contributed by atoms with Crippen molar-refractivity contribution in [3.05, 3.63) is 30.6 Å². The van der Waals surface area contributed by atoms with Crippen molar-refractivity contribution in [2.45, 2.75) is 13.0 Å². The first kappa shape index (κ1) is 10.6. The maximum Gasteiger partial charge on any atom is 0.266 e. The molecule has 1 aromatic heterocycles. The molecule has 0 aliphatic rings. The Bertz CT molecular complexity index is 507. The van der Waals surface area contributed by atoms with Crippen LogP contribution in [0.4, 0.5) is 0 Å². The topological polar surface area (TPSA) is 56.1 Å². The van der Waals surface area contributed by atoms with Crippen LogP contribution in [0.15, 0.2) is 30.6 Å². The van der Waals surface area contributed by atoms with Crippen molar-refractivity contribution in [3.8, 4) is 0 Å². The smallest absolute Gasteiger partial charge is 0.266 e. The number of aromatic nitrogens is 2. The predicted octanol–water partition coefficient (Wildman–Crippen LogP) is 1.27. The van der Waals surface area contributed by atoms with Crippen LogP contribution in [0.3, 0.4) is 0 Å². The zero-order valence-electron chi connectivity index (χ0n) is 9.18. The lowest BCUT2D eigenvalue weighted by molar-refractivity contribution is -0.134. The molecule has 0 aliphatic heterocycles. The highest BCUT2D eigenvalue weighted by molar-refractivity contribution is 5.82. The van der Waals surface area contributed by atoms with Gasteiger partial charge in [-0.1, -0.05) is 12.1 Å². The molecule has 16 heavy (non-hydrogen) atoms. The van der Waals surface area contributed by atoms with Gasteiger partial charge in [0, 0.05) is 0 Å². The van der Waals surface area contributed by atoms with E-state index in [1.807, 2.05) is 28.8 Å². The second-order valence-corrected chi connectivity index (χ2v) is 3.49. The molecular formula is C11H13N3O2. The number of fused-ring (bicyclic) bond motifs is 1. The predicted molar refractivity (Wildman–Crippen MR) is 59.6 cm³/mol. The molecular weight excluding hydrogens is 206 g/mol. The molecule has 1 heterocycles. The van der Waals surface area contributed by atoms with Crippen LogP contribution >= 0.6 is 0 Å². The molecule has 0 fully saturated rings. The van der Waals surface area contributed by atoms with E-state index in [1.54, 1.807) is 13.3 Å². The van der Waals surface area contributed by atoms with E-state index >= 15 is 0 Å². The summed E-state index contributed by atoms with van der Waals surface area (Å²) in [4.78, 5) is 20.4. The summed E-state index contributed by atoms with van der Waals surface area (Å²) in [6.45, 7) is 1.79. The SMILES string of the molecule is CONC(=O)C(C)n1cnc2ccccc21. The lowest BCUT2D eigenvalue weighted by atomic mass is 10.2. The molecule has 2 rings (SSSR count). The zero-order chi connectivity index (χ0) is 11.5. The third kappa shape index (κ3) is 1.77. The van der Waals surface area contributed by atoms with Crippen LogP contribution in [0, 0.1) is 0 Å². The van der Waals surface area contributed by atoms with Crippen molar-refractivity contribution in [3.63, 3.8) is 0 Å². The molecule has 1 atom stereocenters. The third-order valence-electron chi connectivity index (χ3n) is 2.48. The fourth-order valence-corrected chi connectivity index (χ4v) is 1.60. The van der Waals surface area contributed by atoms with Crippen molar-refractivity contribution in [2.75, 3.05) is 7.11 Å². The van der Waals surface area contributed by atoms with Gasteiger partial charge in [-0.05, 0) is 19.1 Å². The Morgan fingerprint density at radius 2 is 2.25 bits per heavy atom. The van der Waals surface area contributed by atoms with Gasteiger partial charge >= 0.3 is 0 Å². The second kappa shape index (κ2) is 4.32. The summed E-state index contributed by atoms with van der Waals surface area (Å²) in [5.74, 6) is -0.203. The van der Waals surface area contributed by atoms with Crippen molar-refractivity contribution in [2.24, 2.45) is 0 Å². The Kier molecular flexibility index (Phi) is 2.87.